The zero-order valence-corrected chi connectivity index (χ0v) is 19.2. The van der Waals surface area contributed by atoms with E-state index in [0.717, 1.165) is 77.2 Å². The van der Waals surface area contributed by atoms with Crippen LogP contribution in [0.4, 0.5) is 0 Å². The van der Waals surface area contributed by atoms with Crippen LogP contribution in [0.15, 0.2) is 4.99 Å². The molecule has 1 saturated heterocycles. The molecule has 26 heavy (non-hydrogen) atoms. The third kappa shape index (κ3) is 11.6. The minimum atomic E-state index is -0.684. The molecule has 156 valence electrons. The largest absolute Gasteiger partial charge is 0.388 e. The van der Waals surface area contributed by atoms with Gasteiger partial charge in [0, 0.05) is 26.3 Å². The van der Waals surface area contributed by atoms with E-state index in [9.17, 15) is 5.11 Å². The molecule has 3 N–H and O–H groups in total. The molecule has 1 heterocycles. The molecule has 1 fully saturated rings. The van der Waals surface area contributed by atoms with E-state index in [1.165, 1.54) is 0 Å². The SMILES string of the molecule is CCCC(O)(CCC)CN=C(NCC)NCCCOCC1CCCO1.I. The van der Waals surface area contributed by atoms with Crippen LogP contribution in [-0.4, -0.2) is 62.2 Å². The smallest absolute Gasteiger partial charge is 0.191 e. The maximum absolute atomic E-state index is 10.7. The Hall–Kier alpha value is -0.120. The van der Waals surface area contributed by atoms with Crippen molar-refractivity contribution in [1.29, 1.82) is 0 Å². The van der Waals surface area contributed by atoms with E-state index in [4.69, 9.17) is 9.47 Å². The maximum atomic E-state index is 10.7. The Labute approximate surface area is 176 Å². The minimum Gasteiger partial charge on any atom is -0.388 e. The lowest BCUT2D eigenvalue weighted by Gasteiger charge is -2.26. The average molecular weight is 485 g/mol. The van der Waals surface area contributed by atoms with Gasteiger partial charge in [0.25, 0.3) is 0 Å². The summed E-state index contributed by atoms with van der Waals surface area (Å²) < 4.78 is 11.2. The molecular formula is C19H40IN3O3. The van der Waals surface area contributed by atoms with Crippen LogP contribution in [0.2, 0.25) is 0 Å². The van der Waals surface area contributed by atoms with Gasteiger partial charge in [0.1, 0.15) is 0 Å². The Morgan fingerprint density at radius 2 is 1.96 bits per heavy atom. The van der Waals surface area contributed by atoms with Crippen LogP contribution < -0.4 is 10.6 Å². The Bertz CT molecular complexity index is 358. The molecule has 0 radical (unpaired) electrons. The Balaban J connectivity index is 0.00000625. The lowest BCUT2D eigenvalue weighted by Crippen LogP contribution is -2.40. The van der Waals surface area contributed by atoms with E-state index in [0.29, 0.717) is 19.3 Å². The van der Waals surface area contributed by atoms with Crippen LogP contribution in [0.1, 0.15) is 65.7 Å². The second-order valence-corrected chi connectivity index (χ2v) is 6.91. The van der Waals surface area contributed by atoms with Crippen LogP contribution in [0.25, 0.3) is 0 Å². The molecule has 7 heteroatoms. The summed E-state index contributed by atoms with van der Waals surface area (Å²) in [4.78, 5) is 4.59. The van der Waals surface area contributed by atoms with Gasteiger partial charge in [0.05, 0.1) is 24.9 Å². The third-order valence-electron chi connectivity index (χ3n) is 4.39. The highest BCUT2D eigenvalue weighted by atomic mass is 127. The number of nitrogens with one attached hydrogen (secondary N) is 2. The summed E-state index contributed by atoms with van der Waals surface area (Å²) in [5.74, 6) is 0.771. The highest BCUT2D eigenvalue weighted by molar-refractivity contribution is 14.0. The van der Waals surface area contributed by atoms with Gasteiger partial charge in [-0.3, -0.25) is 4.99 Å². The number of hydrogen-bond acceptors (Lipinski definition) is 4. The first-order chi connectivity index (χ1) is 12.1. The second-order valence-electron chi connectivity index (χ2n) is 6.91. The predicted molar refractivity (Wildman–Crippen MR) is 119 cm³/mol. The van der Waals surface area contributed by atoms with E-state index in [1.807, 2.05) is 6.92 Å². The number of nitrogens with zero attached hydrogens (tertiary/aromatic N) is 1. The van der Waals surface area contributed by atoms with Crippen molar-refractivity contribution in [3.63, 3.8) is 0 Å². The second kappa shape index (κ2) is 15.9. The van der Waals surface area contributed by atoms with Crippen molar-refractivity contribution < 1.29 is 14.6 Å². The standard InChI is InChI=1S/C19H39N3O3.HI/c1-4-10-19(23,11-5-2)16-22-18(20-6-3)21-12-8-13-24-15-17-9-7-14-25-17;/h17,23H,4-16H2,1-3H3,(H2,20,21,22);1H. The van der Waals surface area contributed by atoms with Crippen LogP contribution >= 0.6 is 24.0 Å². The highest BCUT2D eigenvalue weighted by Crippen LogP contribution is 2.19. The molecule has 0 saturated carbocycles. The molecule has 0 aliphatic carbocycles. The molecule has 0 amide bonds. The van der Waals surface area contributed by atoms with E-state index >= 15 is 0 Å². The number of halogens is 1. The predicted octanol–water partition coefficient (Wildman–Crippen LogP) is 3.08. The van der Waals surface area contributed by atoms with Crippen LogP contribution in [-0.2, 0) is 9.47 Å². The fourth-order valence-corrected chi connectivity index (χ4v) is 3.15. The van der Waals surface area contributed by atoms with Crippen molar-refractivity contribution in [1.82, 2.24) is 10.6 Å². The molecule has 0 aromatic carbocycles. The normalized spacial score (nSPS) is 17.8. The molecule has 0 spiro atoms. The van der Waals surface area contributed by atoms with Gasteiger partial charge >= 0.3 is 0 Å². The third-order valence-corrected chi connectivity index (χ3v) is 4.39. The summed E-state index contributed by atoms with van der Waals surface area (Å²) in [7, 11) is 0. The summed E-state index contributed by atoms with van der Waals surface area (Å²) in [5.41, 5.74) is -0.684. The zero-order valence-electron chi connectivity index (χ0n) is 16.9. The van der Waals surface area contributed by atoms with Crippen molar-refractivity contribution in [3.05, 3.63) is 0 Å². The summed E-state index contributed by atoms with van der Waals surface area (Å²) in [6.45, 7) is 10.6. The number of rotatable bonds is 13. The van der Waals surface area contributed by atoms with Crippen molar-refractivity contribution in [2.24, 2.45) is 4.99 Å². The van der Waals surface area contributed by atoms with E-state index in [2.05, 4.69) is 29.5 Å². The van der Waals surface area contributed by atoms with Crippen molar-refractivity contribution in [3.8, 4) is 0 Å². The molecule has 1 rings (SSSR count). The summed E-state index contributed by atoms with van der Waals surface area (Å²) in [6.07, 6.45) is 7.01. The molecule has 0 bridgehead atoms. The fourth-order valence-electron chi connectivity index (χ4n) is 3.15. The maximum Gasteiger partial charge on any atom is 0.191 e. The van der Waals surface area contributed by atoms with Crippen molar-refractivity contribution in [2.45, 2.75) is 77.4 Å². The number of aliphatic imine (C=N–C) groups is 1. The van der Waals surface area contributed by atoms with Gasteiger partial charge in [0.15, 0.2) is 5.96 Å². The molecule has 1 atom stereocenters. The van der Waals surface area contributed by atoms with Crippen molar-refractivity contribution >= 4 is 29.9 Å². The van der Waals surface area contributed by atoms with Crippen LogP contribution in [0.5, 0.6) is 0 Å². The van der Waals surface area contributed by atoms with Gasteiger partial charge in [-0.1, -0.05) is 26.7 Å². The van der Waals surface area contributed by atoms with Gasteiger partial charge < -0.3 is 25.2 Å². The fraction of sp³-hybridized carbons (Fsp3) is 0.947. The summed E-state index contributed by atoms with van der Waals surface area (Å²) >= 11 is 0. The van der Waals surface area contributed by atoms with Gasteiger partial charge in [-0.05, 0) is 39.0 Å². The van der Waals surface area contributed by atoms with Gasteiger partial charge in [0.2, 0.25) is 0 Å². The van der Waals surface area contributed by atoms with E-state index in [-0.39, 0.29) is 24.0 Å². The van der Waals surface area contributed by atoms with E-state index in [1.54, 1.807) is 0 Å². The quantitative estimate of drug-likeness (QED) is 0.162. The summed E-state index contributed by atoms with van der Waals surface area (Å²) in [5, 5.41) is 17.2. The van der Waals surface area contributed by atoms with E-state index < -0.39 is 5.60 Å². The first-order valence-corrected chi connectivity index (χ1v) is 10.1. The molecular weight excluding hydrogens is 445 g/mol. The average Bonchev–Trinajstić information content (AvgIpc) is 3.09. The highest BCUT2D eigenvalue weighted by Gasteiger charge is 2.24. The molecule has 1 aliphatic heterocycles. The molecule has 0 aromatic heterocycles. The van der Waals surface area contributed by atoms with Crippen LogP contribution in [0.3, 0.4) is 0 Å². The first kappa shape index (κ1) is 25.9. The van der Waals surface area contributed by atoms with Crippen LogP contribution in [0, 0.1) is 0 Å². The molecule has 0 aromatic rings. The lowest BCUT2D eigenvalue weighted by atomic mass is 9.93. The Kier molecular flexibility index (Phi) is 15.8. The minimum absolute atomic E-state index is 0. The summed E-state index contributed by atoms with van der Waals surface area (Å²) in [6, 6.07) is 0. The number of hydrogen-bond donors (Lipinski definition) is 3. The monoisotopic (exact) mass is 485 g/mol. The topological polar surface area (TPSA) is 75.1 Å². The van der Waals surface area contributed by atoms with Crippen molar-refractivity contribution in [2.75, 3.05) is 39.5 Å². The molecule has 1 aliphatic rings. The molecule has 6 nitrogen and oxygen atoms in total. The number of guanidine groups is 1. The van der Waals surface area contributed by atoms with Gasteiger partial charge in [-0.15, -0.1) is 24.0 Å². The zero-order chi connectivity index (χ0) is 18.4. The first-order valence-electron chi connectivity index (χ1n) is 10.1. The van der Waals surface area contributed by atoms with Gasteiger partial charge in [-0.25, -0.2) is 0 Å². The number of aliphatic hydroxyl groups is 1. The lowest BCUT2D eigenvalue weighted by molar-refractivity contribution is 0.0168. The molecule has 1 unspecified atom stereocenters. The number of ether oxygens (including phenoxy) is 2. The Morgan fingerprint density at radius 3 is 2.54 bits per heavy atom. The Morgan fingerprint density at radius 1 is 1.23 bits per heavy atom. The van der Waals surface area contributed by atoms with Gasteiger partial charge in [-0.2, -0.15) is 0 Å².